The first-order chi connectivity index (χ1) is 9.23. The predicted octanol–water partition coefficient (Wildman–Crippen LogP) is 1.27. The number of aliphatic carboxylic acids is 2. The molecule has 0 saturated carbocycles. The van der Waals surface area contributed by atoms with E-state index in [0.29, 0.717) is 12.8 Å². The van der Waals surface area contributed by atoms with E-state index in [0.717, 1.165) is 0 Å². The van der Waals surface area contributed by atoms with E-state index in [1.165, 1.54) is 0 Å². The SMILES string of the molecule is C[C@H](C/C=C/C[C@H](C)[C@H](O)CC(=O)O)[C@@H](O)CC(=O)O. The summed E-state index contributed by atoms with van der Waals surface area (Å²) in [7, 11) is 0. The van der Waals surface area contributed by atoms with Crippen molar-refractivity contribution in [1.29, 1.82) is 0 Å². The highest BCUT2D eigenvalue weighted by Crippen LogP contribution is 2.15. The lowest BCUT2D eigenvalue weighted by atomic mass is 9.95. The summed E-state index contributed by atoms with van der Waals surface area (Å²) in [6.07, 6.45) is 2.40. The zero-order valence-corrected chi connectivity index (χ0v) is 11.9. The van der Waals surface area contributed by atoms with Crippen LogP contribution < -0.4 is 0 Å². The highest BCUT2D eigenvalue weighted by molar-refractivity contribution is 5.67. The summed E-state index contributed by atoms with van der Waals surface area (Å²) in [5.41, 5.74) is 0. The van der Waals surface area contributed by atoms with Gasteiger partial charge in [-0.1, -0.05) is 26.0 Å². The molecule has 0 aromatic carbocycles. The first kappa shape index (κ1) is 18.6. The molecule has 20 heavy (non-hydrogen) atoms. The van der Waals surface area contributed by atoms with Gasteiger partial charge >= 0.3 is 11.9 Å². The van der Waals surface area contributed by atoms with Crippen LogP contribution in [0.25, 0.3) is 0 Å². The van der Waals surface area contributed by atoms with Crippen molar-refractivity contribution in [1.82, 2.24) is 0 Å². The molecule has 0 aromatic rings. The fraction of sp³-hybridized carbons (Fsp3) is 0.714. The van der Waals surface area contributed by atoms with E-state index in [1.807, 2.05) is 12.2 Å². The summed E-state index contributed by atoms with van der Waals surface area (Å²) in [6.45, 7) is 3.53. The molecule has 6 heteroatoms. The zero-order chi connectivity index (χ0) is 15.7. The average molecular weight is 288 g/mol. The van der Waals surface area contributed by atoms with Gasteiger partial charge in [-0.3, -0.25) is 9.59 Å². The number of aliphatic hydroxyl groups is 2. The average Bonchev–Trinajstić information content (AvgIpc) is 2.32. The smallest absolute Gasteiger partial charge is 0.305 e. The monoisotopic (exact) mass is 288 g/mol. The molecule has 0 fully saturated rings. The second-order valence-electron chi connectivity index (χ2n) is 5.23. The summed E-state index contributed by atoms with van der Waals surface area (Å²) in [6, 6.07) is 0. The van der Waals surface area contributed by atoms with Crippen LogP contribution in [0.1, 0.15) is 39.5 Å². The van der Waals surface area contributed by atoms with Crippen LogP contribution in [0.5, 0.6) is 0 Å². The second-order valence-corrected chi connectivity index (χ2v) is 5.23. The third-order valence-corrected chi connectivity index (χ3v) is 3.26. The van der Waals surface area contributed by atoms with Crippen molar-refractivity contribution in [2.45, 2.75) is 51.7 Å². The minimum atomic E-state index is -1.03. The second kappa shape index (κ2) is 9.50. The summed E-state index contributed by atoms with van der Waals surface area (Å²) < 4.78 is 0. The minimum Gasteiger partial charge on any atom is -0.481 e. The summed E-state index contributed by atoms with van der Waals surface area (Å²) >= 11 is 0. The Morgan fingerprint density at radius 2 is 1.15 bits per heavy atom. The molecule has 0 aliphatic carbocycles. The molecule has 0 radical (unpaired) electrons. The van der Waals surface area contributed by atoms with E-state index < -0.39 is 24.1 Å². The molecule has 0 rings (SSSR count). The topological polar surface area (TPSA) is 115 Å². The molecular weight excluding hydrogens is 264 g/mol. The van der Waals surface area contributed by atoms with Crippen LogP contribution in [-0.4, -0.2) is 44.6 Å². The van der Waals surface area contributed by atoms with Gasteiger partial charge in [0.05, 0.1) is 25.0 Å². The van der Waals surface area contributed by atoms with Crippen molar-refractivity contribution in [3.8, 4) is 0 Å². The van der Waals surface area contributed by atoms with E-state index in [4.69, 9.17) is 10.2 Å². The van der Waals surface area contributed by atoms with Crippen molar-refractivity contribution >= 4 is 11.9 Å². The molecule has 4 N–H and O–H groups in total. The van der Waals surface area contributed by atoms with Gasteiger partial charge < -0.3 is 20.4 Å². The highest BCUT2D eigenvalue weighted by atomic mass is 16.4. The standard InChI is InChI=1S/C14H24O6/c1-9(11(15)7-13(17)18)5-3-4-6-10(2)12(16)8-14(19)20/h3-4,9-12,15-16H,5-8H2,1-2H3,(H,17,18)(H,19,20)/b4-3+/t9-,10+,11+,12-. The molecule has 116 valence electrons. The summed E-state index contributed by atoms with van der Waals surface area (Å²) in [4.78, 5) is 20.9. The molecule has 0 aromatic heterocycles. The van der Waals surface area contributed by atoms with E-state index in [1.54, 1.807) is 13.8 Å². The van der Waals surface area contributed by atoms with Gasteiger partial charge in [-0.2, -0.15) is 0 Å². The van der Waals surface area contributed by atoms with Gasteiger partial charge in [-0.05, 0) is 24.7 Å². The molecule has 0 aliphatic rings. The van der Waals surface area contributed by atoms with Crippen molar-refractivity contribution in [3.05, 3.63) is 12.2 Å². The fourth-order valence-electron chi connectivity index (χ4n) is 1.70. The van der Waals surface area contributed by atoms with E-state index in [2.05, 4.69) is 0 Å². The lowest BCUT2D eigenvalue weighted by Gasteiger charge is -2.16. The highest BCUT2D eigenvalue weighted by Gasteiger charge is 2.17. The molecule has 0 aliphatic heterocycles. The third kappa shape index (κ3) is 8.66. The number of carboxylic acids is 2. The number of rotatable bonds is 10. The van der Waals surface area contributed by atoms with Crippen LogP contribution in [0, 0.1) is 11.8 Å². The van der Waals surface area contributed by atoms with Gasteiger partial charge in [0.25, 0.3) is 0 Å². The van der Waals surface area contributed by atoms with Crippen LogP contribution >= 0.6 is 0 Å². The van der Waals surface area contributed by atoms with Gasteiger partial charge in [0.2, 0.25) is 0 Å². The lowest BCUT2D eigenvalue weighted by molar-refractivity contribution is -0.141. The molecular formula is C14H24O6. The molecule has 0 spiro atoms. The Bertz CT molecular complexity index is 307. The minimum absolute atomic E-state index is 0.165. The molecule has 0 bridgehead atoms. The largest absolute Gasteiger partial charge is 0.481 e. The Morgan fingerprint density at radius 3 is 1.40 bits per heavy atom. The first-order valence-corrected chi connectivity index (χ1v) is 6.68. The third-order valence-electron chi connectivity index (χ3n) is 3.26. The molecule has 4 atom stereocenters. The quantitative estimate of drug-likeness (QED) is 0.450. The maximum absolute atomic E-state index is 10.4. The number of carbonyl (C=O) groups is 2. The van der Waals surface area contributed by atoms with Crippen LogP contribution in [-0.2, 0) is 9.59 Å². The Morgan fingerprint density at radius 1 is 0.850 bits per heavy atom. The Hall–Kier alpha value is -1.40. The van der Waals surface area contributed by atoms with Gasteiger partial charge in [0, 0.05) is 0 Å². The Labute approximate surface area is 118 Å². The first-order valence-electron chi connectivity index (χ1n) is 6.68. The normalized spacial score (nSPS) is 17.6. The number of hydrogen-bond donors (Lipinski definition) is 4. The number of carboxylic acid groups (broad SMARTS) is 2. The zero-order valence-electron chi connectivity index (χ0n) is 11.9. The van der Waals surface area contributed by atoms with Gasteiger partial charge in [0.1, 0.15) is 0 Å². The number of hydrogen-bond acceptors (Lipinski definition) is 4. The number of aliphatic hydroxyl groups excluding tert-OH is 2. The number of allylic oxidation sites excluding steroid dienone is 2. The van der Waals surface area contributed by atoms with Gasteiger partial charge in [0.15, 0.2) is 0 Å². The maximum Gasteiger partial charge on any atom is 0.305 e. The lowest BCUT2D eigenvalue weighted by Crippen LogP contribution is -2.21. The Balaban J connectivity index is 4.01. The van der Waals surface area contributed by atoms with E-state index >= 15 is 0 Å². The predicted molar refractivity (Wildman–Crippen MR) is 73.2 cm³/mol. The molecule has 0 unspecified atom stereocenters. The van der Waals surface area contributed by atoms with Gasteiger partial charge in [-0.25, -0.2) is 0 Å². The molecule has 0 amide bonds. The molecule has 6 nitrogen and oxygen atoms in total. The maximum atomic E-state index is 10.4. The van der Waals surface area contributed by atoms with Crippen LogP contribution in [0.3, 0.4) is 0 Å². The summed E-state index contributed by atoms with van der Waals surface area (Å²) in [5, 5.41) is 36.2. The van der Waals surface area contributed by atoms with Crippen molar-refractivity contribution < 1.29 is 30.0 Å². The van der Waals surface area contributed by atoms with Crippen molar-refractivity contribution in [2.75, 3.05) is 0 Å². The van der Waals surface area contributed by atoms with Crippen molar-refractivity contribution in [3.63, 3.8) is 0 Å². The fourth-order valence-corrected chi connectivity index (χ4v) is 1.70. The van der Waals surface area contributed by atoms with E-state index in [9.17, 15) is 19.8 Å². The van der Waals surface area contributed by atoms with Gasteiger partial charge in [-0.15, -0.1) is 0 Å². The Kier molecular flexibility index (Phi) is 8.83. The summed E-state index contributed by atoms with van der Waals surface area (Å²) in [5.74, 6) is -2.39. The van der Waals surface area contributed by atoms with Crippen LogP contribution in [0.4, 0.5) is 0 Å². The van der Waals surface area contributed by atoms with E-state index in [-0.39, 0.29) is 24.7 Å². The van der Waals surface area contributed by atoms with Crippen molar-refractivity contribution in [2.24, 2.45) is 11.8 Å². The molecule has 0 saturated heterocycles. The van der Waals surface area contributed by atoms with Crippen LogP contribution in [0.2, 0.25) is 0 Å². The molecule has 0 heterocycles. The van der Waals surface area contributed by atoms with Crippen LogP contribution in [0.15, 0.2) is 12.2 Å².